The van der Waals surface area contributed by atoms with Crippen LogP contribution in [0.15, 0.2) is 48.5 Å². The predicted octanol–water partition coefficient (Wildman–Crippen LogP) is 4.67. The molecule has 1 aliphatic rings. The smallest absolute Gasteiger partial charge is 0.251 e. The zero-order valence-corrected chi connectivity index (χ0v) is 14.4. The number of carbonyl (C=O) groups is 1. The molecule has 2 aromatic rings. The van der Waals surface area contributed by atoms with Gasteiger partial charge in [0.25, 0.3) is 5.91 Å². The fraction of sp³-hybridized carbons (Fsp3) is 0.381. The molecule has 0 radical (unpaired) electrons. The Kier molecular flexibility index (Phi) is 5.19. The Morgan fingerprint density at radius 2 is 1.75 bits per heavy atom. The molecule has 1 amide bonds. The maximum atomic E-state index is 12.6. The summed E-state index contributed by atoms with van der Waals surface area (Å²) in [5.74, 6) is 1.57. The normalized spacial score (nSPS) is 20.4. The van der Waals surface area contributed by atoms with Gasteiger partial charge in [-0.1, -0.05) is 37.3 Å². The van der Waals surface area contributed by atoms with Crippen molar-refractivity contribution < 1.29 is 9.53 Å². The molecule has 3 heteroatoms. The van der Waals surface area contributed by atoms with Gasteiger partial charge in [0.05, 0.1) is 7.11 Å². The number of carbonyl (C=O) groups excluding carboxylic acids is 1. The SMILES string of the molecule is COc1ccc(C(=O)NC2CCC(C)CC2)cc1-c1ccccc1. The summed E-state index contributed by atoms with van der Waals surface area (Å²) in [6.45, 7) is 2.29. The van der Waals surface area contributed by atoms with Gasteiger partial charge in [-0.3, -0.25) is 4.79 Å². The van der Waals surface area contributed by atoms with Crippen molar-refractivity contribution in [3.63, 3.8) is 0 Å². The molecule has 0 aromatic heterocycles. The monoisotopic (exact) mass is 323 g/mol. The number of amides is 1. The molecule has 0 atom stereocenters. The van der Waals surface area contributed by atoms with Crippen LogP contribution in [0.5, 0.6) is 5.75 Å². The molecule has 3 rings (SSSR count). The van der Waals surface area contributed by atoms with E-state index in [4.69, 9.17) is 4.74 Å². The fourth-order valence-electron chi connectivity index (χ4n) is 3.37. The molecule has 0 heterocycles. The predicted molar refractivity (Wildman–Crippen MR) is 97.3 cm³/mol. The Hall–Kier alpha value is -2.29. The van der Waals surface area contributed by atoms with Crippen LogP contribution in [-0.2, 0) is 0 Å². The molecule has 3 nitrogen and oxygen atoms in total. The highest BCUT2D eigenvalue weighted by atomic mass is 16.5. The number of rotatable bonds is 4. The molecule has 0 bridgehead atoms. The summed E-state index contributed by atoms with van der Waals surface area (Å²) in [6, 6.07) is 16.0. The van der Waals surface area contributed by atoms with Gasteiger partial charge in [0.15, 0.2) is 0 Å². The lowest BCUT2D eigenvalue weighted by Gasteiger charge is -2.27. The third-order valence-electron chi connectivity index (χ3n) is 4.90. The van der Waals surface area contributed by atoms with E-state index in [0.29, 0.717) is 11.6 Å². The van der Waals surface area contributed by atoms with Crippen molar-refractivity contribution >= 4 is 5.91 Å². The van der Waals surface area contributed by atoms with Gasteiger partial charge in [-0.2, -0.15) is 0 Å². The van der Waals surface area contributed by atoms with E-state index in [0.717, 1.165) is 35.6 Å². The van der Waals surface area contributed by atoms with Crippen molar-refractivity contribution in [3.05, 3.63) is 54.1 Å². The first-order valence-corrected chi connectivity index (χ1v) is 8.71. The third-order valence-corrected chi connectivity index (χ3v) is 4.90. The van der Waals surface area contributed by atoms with Gasteiger partial charge < -0.3 is 10.1 Å². The maximum absolute atomic E-state index is 12.6. The molecule has 1 fully saturated rings. The van der Waals surface area contributed by atoms with Crippen LogP contribution in [0.1, 0.15) is 43.0 Å². The van der Waals surface area contributed by atoms with Crippen molar-refractivity contribution in [2.45, 2.75) is 38.6 Å². The fourth-order valence-corrected chi connectivity index (χ4v) is 3.37. The summed E-state index contributed by atoms with van der Waals surface area (Å²) in [6.07, 6.45) is 4.55. The minimum absolute atomic E-state index is 0.00869. The summed E-state index contributed by atoms with van der Waals surface area (Å²) in [5.41, 5.74) is 2.69. The highest BCUT2D eigenvalue weighted by Crippen LogP contribution is 2.31. The molecule has 126 valence electrons. The van der Waals surface area contributed by atoms with Gasteiger partial charge >= 0.3 is 0 Å². The minimum Gasteiger partial charge on any atom is -0.496 e. The van der Waals surface area contributed by atoms with Gasteiger partial charge in [0, 0.05) is 17.2 Å². The van der Waals surface area contributed by atoms with Crippen LogP contribution >= 0.6 is 0 Å². The molecule has 0 spiro atoms. The lowest BCUT2D eigenvalue weighted by Crippen LogP contribution is -2.37. The molecule has 24 heavy (non-hydrogen) atoms. The Bertz CT molecular complexity index is 688. The number of methoxy groups -OCH3 is 1. The van der Waals surface area contributed by atoms with E-state index < -0.39 is 0 Å². The first kappa shape index (κ1) is 16.6. The largest absolute Gasteiger partial charge is 0.496 e. The van der Waals surface area contributed by atoms with E-state index in [9.17, 15) is 4.79 Å². The molecule has 1 saturated carbocycles. The number of hydrogen-bond acceptors (Lipinski definition) is 2. The average Bonchev–Trinajstić information content (AvgIpc) is 2.63. The maximum Gasteiger partial charge on any atom is 0.251 e. The highest BCUT2D eigenvalue weighted by molar-refractivity contribution is 5.96. The minimum atomic E-state index is 0.00869. The average molecular weight is 323 g/mol. The van der Waals surface area contributed by atoms with Crippen molar-refractivity contribution in [2.24, 2.45) is 5.92 Å². The quantitative estimate of drug-likeness (QED) is 0.888. The standard InChI is InChI=1S/C21H25NO2/c1-15-8-11-18(12-9-15)22-21(23)17-10-13-20(24-2)19(14-17)16-6-4-3-5-7-16/h3-7,10,13-15,18H,8-9,11-12H2,1-2H3,(H,22,23). The van der Waals surface area contributed by atoms with E-state index >= 15 is 0 Å². The Balaban J connectivity index is 1.80. The van der Waals surface area contributed by atoms with E-state index in [1.807, 2.05) is 48.5 Å². The van der Waals surface area contributed by atoms with Crippen LogP contribution in [0.25, 0.3) is 11.1 Å². The van der Waals surface area contributed by atoms with Gasteiger partial charge in [0.1, 0.15) is 5.75 Å². The molecule has 1 N–H and O–H groups in total. The van der Waals surface area contributed by atoms with E-state index in [-0.39, 0.29) is 5.91 Å². The van der Waals surface area contributed by atoms with Gasteiger partial charge in [-0.05, 0) is 55.4 Å². The number of hydrogen-bond donors (Lipinski definition) is 1. The van der Waals surface area contributed by atoms with E-state index in [1.165, 1.54) is 12.8 Å². The Morgan fingerprint density at radius 1 is 1.04 bits per heavy atom. The summed E-state index contributed by atoms with van der Waals surface area (Å²) in [5, 5.41) is 3.19. The van der Waals surface area contributed by atoms with E-state index in [2.05, 4.69) is 12.2 Å². The van der Waals surface area contributed by atoms with Crippen molar-refractivity contribution in [1.82, 2.24) is 5.32 Å². The van der Waals surface area contributed by atoms with Gasteiger partial charge in [-0.15, -0.1) is 0 Å². The lowest BCUT2D eigenvalue weighted by atomic mass is 9.87. The lowest BCUT2D eigenvalue weighted by molar-refractivity contribution is 0.0923. The summed E-state index contributed by atoms with van der Waals surface area (Å²) in [4.78, 5) is 12.6. The highest BCUT2D eigenvalue weighted by Gasteiger charge is 2.21. The summed E-state index contributed by atoms with van der Waals surface area (Å²) >= 11 is 0. The van der Waals surface area contributed by atoms with Crippen molar-refractivity contribution in [3.8, 4) is 16.9 Å². The number of nitrogens with one attached hydrogen (secondary N) is 1. The molecule has 2 aromatic carbocycles. The van der Waals surface area contributed by atoms with Gasteiger partial charge in [0.2, 0.25) is 0 Å². The molecule has 1 aliphatic carbocycles. The second-order valence-corrected chi connectivity index (χ2v) is 6.71. The topological polar surface area (TPSA) is 38.3 Å². The van der Waals surface area contributed by atoms with Crippen LogP contribution in [-0.4, -0.2) is 19.1 Å². The van der Waals surface area contributed by atoms with Crippen LogP contribution in [0.4, 0.5) is 0 Å². The number of benzene rings is 2. The second kappa shape index (κ2) is 7.52. The van der Waals surface area contributed by atoms with Crippen molar-refractivity contribution in [2.75, 3.05) is 7.11 Å². The van der Waals surface area contributed by atoms with Crippen LogP contribution in [0, 0.1) is 5.92 Å². The van der Waals surface area contributed by atoms with E-state index in [1.54, 1.807) is 7.11 Å². The summed E-state index contributed by atoms with van der Waals surface area (Å²) < 4.78 is 5.46. The van der Waals surface area contributed by atoms with Gasteiger partial charge in [-0.25, -0.2) is 0 Å². The van der Waals surface area contributed by atoms with Crippen LogP contribution in [0.2, 0.25) is 0 Å². The molecule has 0 aliphatic heterocycles. The summed E-state index contributed by atoms with van der Waals surface area (Å²) in [7, 11) is 1.66. The van der Waals surface area contributed by atoms with Crippen molar-refractivity contribution in [1.29, 1.82) is 0 Å². The molecular formula is C21H25NO2. The van der Waals surface area contributed by atoms with Crippen LogP contribution < -0.4 is 10.1 Å². The molecule has 0 saturated heterocycles. The molecular weight excluding hydrogens is 298 g/mol. The zero-order valence-electron chi connectivity index (χ0n) is 14.4. The second-order valence-electron chi connectivity index (χ2n) is 6.71. The zero-order chi connectivity index (χ0) is 16.9. The first-order valence-electron chi connectivity index (χ1n) is 8.71. The molecule has 0 unspecified atom stereocenters. The Morgan fingerprint density at radius 3 is 2.42 bits per heavy atom. The third kappa shape index (κ3) is 3.78. The van der Waals surface area contributed by atoms with Crippen LogP contribution in [0.3, 0.4) is 0 Å². The Labute approximate surface area is 144 Å². The number of ether oxygens (including phenoxy) is 1. The first-order chi connectivity index (χ1) is 11.7.